The summed E-state index contributed by atoms with van der Waals surface area (Å²) < 4.78 is 55.6. The lowest BCUT2D eigenvalue weighted by molar-refractivity contribution is -0.148. The normalized spacial score (nSPS) is 14.4. The maximum absolute atomic E-state index is 13.1. The molecule has 0 fully saturated rings. The summed E-state index contributed by atoms with van der Waals surface area (Å²) >= 11 is 0. The molecule has 34 heavy (non-hydrogen) atoms. The zero-order valence-electron chi connectivity index (χ0n) is 18.4. The van der Waals surface area contributed by atoms with E-state index in [1.165, 1.54) is 30.2 Å². The third kappa shape index (κ3) is 5.24. The molecule has 2 amide bonds. The van der Waals surface area contributed by atoms with Gasteiger partial charge in [-0.05, 0) is 32.4 Å². The predicted molar refractivity (Wildman–Crippen MR) is 110 cm³/mol. The Balaban J connectivity index is 1.75. The first-order valence-corrected chi connectivity index (χ1v) is 10.4. The quantitative estimate of drug-likeness (QED) is 0.392. The number of aromatic nitrogens is 3. The molecule has 0 aliphatic carbocycles. The van der Waals surface area contributed by atoms with Crippen molar-refractivity contribution in [2.45, 2.75) is 45.2 Å². The second kappa shape index (κ2) is 10.3. The van der Waals surface area contributed by atoms with E-state index < -0.39 is 30.9 Å². The van der Waals surface area contributed by atoms with E-state index in [9.17, 15) is 27.2 Å². The number of nitrogens with one attached hydrogen (secondary N) is 1. The SMILES string of the molecule is Cc1cc(C(C)N2Cc3c(ccnc3C(=O)NCCCO)C2=O)nnc1OCC(F)(F)C(F)F. The Hall–Kier alpha value is -3.35. The van der Waals surface area contributed by atoms with Crippen molar-refractivity contribution in [3.63, 3.8) is 0 Å². The first-order valence-electron chi connectivity index (χ1n) is 10.4. The Bertz CT molecular complexity index is 1070. The zero-order chi connectivity index (χ0) is 25.0. The van der Waals surface area contributed by atoms with Gasteiger partial charge in [0.2, 0.25) is 5.88 Å². The van der Waals surface area contributed by atoms with Gasteiger partial charge in [-0.15, -0.1) is 10.2 Å². The van der Waals surface area contributed by atoms with Crippen LogP contribution in [-0.4, -0.2) is 69.1 Å². The summed E-state index contributed by atoms with van der Waals surface area (Å²) in [6, 6.07) is 2.35. The number of nitrogens with zero attached hydrogens (tertiary/aromatic N) is 4. The number of hydrogen-bond donors (Lipinski definition) is 2. The fraction of sp³-hybridized carbons (Fsp3) is 0.476. The van der Waals surface area contributed by atoms with Crippen LogP contribution < -0.4 is 10.1 Å². The van der Waals surface area contributed by atoms with Gasteiger partial charge in [0.05, 0.1) is 11.7 Å². The summed E-state index contributed by atoms with van der Waals surface area (Å²) in [5.74, 6) is -5.47. The van der Waals surface area contributed by atoms with Crippen LogP contribution in [0.4, 0.5) is 17.6 Å². The summed E-state index contributed by atoms with van der Waals surface area (Å²) in [5.41, 5.74) is 1.45. The van der Waals surface area contributed by atoms with Gasteiger partial charge in [0.25, 0.3) is 11.8 Å². The molecule has 3 heterocycles. The summed E-state index contributed by atoms with van der Waals surface area (Å²) in [7, 11) is 0. The molecule has 184 valence electrons. The van der Waals surface area contributed by atoms with E-state index in [0.717, 1.165) is 0 Å². The van der Waals surface area contributed by atoms with E-state index in [4.69, 9.17) is 9.84 Å². The maximum Gasteiger partial charge on any atom is 0.340 e. The van der Waals surface area contributed by atoms with E-state index >= 15 is 0 Å². The molecule has 0 spiro atoms. The van der Waals surface area contributed by atoms with Crippen LogP contribution in [0.5, 0.6) is 5.88 Å². The number of carbonyl (C=O) groups excluding carboxylic acids is 2. The van der Waals surface area contributed by atoms with Crippen LogP contribution in [0.2, 0.25) is 0 Å². The highest BCUT2D eigenvalue weighted by Crippen LogP contribution is 2.32. The number of pyridine rings is 1. The largest absolute Gasteiger partial charge is 0.470 e. The summed E-state index contributed by atoms with van der Waals surface area (Å²) in [6.07, 6.45) is -2.14. The Labute approximate surface area is 192 Å². The van der Waals surface area contributed by atoms with Crippen molar-refractivity contribution in [2.75, 3.05) is 19.8 Å². The number of halogens is 4. The summed E-state index contributed by atoms with van der Waals surface area (Å²) in [6.45, 7) is 1.86. The monoisotopic (exact) mass is 485 g/mol. The number of amides is 2. The molecule has 13 heteroatoms. The fourth-order valence-corrected chi connectivity index (χ4v) is 3.35. The number of hydrogen-bond acceptors (Lipinski definition) is 7. The van der Waals surface area contributed by atoms with Gasteiger partial charge in [-0.3, -0.25) is 14.6 Å². The number of fused-ring (bicyclic) bond motifs is 1. The number of aliphatic hydroxyl groups excluding tert-OH is 1. The van der Waals surface area contributed by atoms with Crippen LogP contribution >= 0.6 is 0 Å². The zero-order valence-corrected chi connectivity index (χ0v) is 18.4. The van der Waals surface area contributed by atoms with Crippen LogP contribution in [0.25, 0.3) is 0 Å². The molecule has 1 atom stereocenters. The minimum atomic E-state index is -4.33. The van der Waals surface area contributed by atoms with Crippen molar-refractivity contribution in [3.8, 4) is 5.88 Å². The Morgan fingerprint density at radius 1 is 1.35 bits per heavy atom. The molecule has 0 radical (unpaired) electrons. The third-order valence-electron chi connectivity index (χ3n) is 5.29. The number of alkyl halides is 4. The lowest BCUT2D eigenvalue weighted by atomic mass is 10.1. The molecule has 0 aromatic carbocycles. The lowest BCUT2D eigenvalue weighted by Gasteiger charge is -2.24. The minimum absolute atomic E-state index is 0.0749. The molecular formula is C21H23F4N5O4. The standard InChI is InChI=1S/C21H23F4N5O4/c1-11-8-15(28-29-18(11)34-10-21(24,25)20(22)23)12(2)30-9-14-13(19(30)33)4-6-26-16(14)17(32)27-5-3-7-31/h4,6,8,12,20,31H,3,5,7,9-10H2,1-2H3,(H,27,32). The number of rotatable bonds is 10. The molecule has 1 aliphatic rings. The summed E-state index contributed by atoms with van der Waals surface area (Å²) in [4.78, 5) is 31.0. The second-order valence-corrected chi connectivity index (χ2v) is 7.74. The minimum Gasteiger partial charge on any atom is -0.470 e. The molecule has 0 saturated carbocycles. The van der Waals surface area contributed by atoms with Crippen LogP contribution in [0.15, 0.2) is 18.3 Å². The smallest absolute Gasteiger partial charge is 0.340 e. The Morgan fingerprint density at radius 3 is 2.74 bits per heavy atom. The van der Waals surface area contributed by atoms with E-state index in [-0.39, 0.29) is 42.7 Å². The van der Waals surface area contributed by atoms with E-state index in [1.54, 1.807) is 6.92 Å². The number of aliphatic hydroxyl groups is 1. The number of aryl methyl sites for hydroxylation is 1. The van der Waals surface area contributed by atoms with Crippen LogP contribution in [-0.2, 0) is 6.54 Å². The molecule has 2 N–H and O–H groups in total. The van der Waals surface area contributed by atoms with Crippen molar-refractivity contribution in [2.24, 2.45) is 0 Å². The van der Waals surface area contributed by atoms with Gasteiger partial charge in [0.1, 0.15) is 5.69 Å². The van der Waals surface area contributed by atoms with Gasteiger partial charge in [-0.25, -0.2) is 8.78 Å². The molecule has 2 aromatic heterocycles. The predicted octanol–water partition coefficient (Wildman–Crippen LogP) is 2.29. The molecular weight excluding hydrogens is 462 g/mol. The van der Waals surface area contributed by atoms with Crippen molar-refractivity contribution >= 4 is 11.8 Å². The third-order valence-corrected chi connectivity index (χ3v) is 5.29. The fourth-order valence-electron chi connectivity index (χ4n) is 3.35. The van der Waals surface area contributed by atoms with Gasteiger partial charge in [0, 0.05) is 42.6 Å². The van der Waals surface area contributed by atoms with Gasteiger partial charge in [-0.2, -0.15) is 8.78 Å². The van der Waals surface area contributed by atoms with Crippen molar-refractivity contribution in [1.29, 1.82) is 0 Å². The van der Waals surface area contributed by atoms with Gasteiger partial charge in [-0.1, -0.05) is 0 Å². The van der Waals surface area contributed by atoms with Gasteiger partial charge in [0.15, 0.2) is 6.61 Å². The molecule has 0 saturated heterocycles. The molecule has 3 rings (SSSR count). The average molecular weight is 485 g/mol. The highest BCUT2D eigenvalue weighted by atomic mass is 19.3. The van der Waals surface area contributed by atoms with Crippen molar-refractivity contribution in [3.05, 3.63) is 46.4 Å². The van der Waals surface area contributed by atoms with Gasteiger partial charge >= 0.3 is 12.3 Å². The Kier molecular flexibility index (Phi) is 7.64. The average Bonchev–Trinajstić information content (AvgIpc) is 3.14. The first-order chi connectivity index (χ1) is 16.1. The molecule has 2 aromatic rings. The highest BCUT2D eigenvalue weighted by molar-refractivity contribution is 6.03. The number of carbonyl (C=O) groups is 2. The highest BCUT2D eigenvalue weighted by Gasteiger charge is 2.42. The van der Waals surface area contributed by atoms with E-state index in [2.05, 4.69) is 20.5 Å². The number of ether oxygens (including phenoxy) is 1. The molecule has 1 aliphatic heterocycles. The summed E-state index contributed by atoms with van der Waals surface area (Å²) in [5, 5.41) is 19.1. The topological polar surface area (TPSA) is 118 Å². The molecule has 0 bridgehead atoms. The first kappa shape index (κ1) is 25.3. The Morgan fingerprint density at radius 2 is 2.09 bits per heavy atom. The van der Waals surface area contributed by atoms with E-state index in [1.807, 2.05) is 0 Å². The van der Waals surface area contributed by atoms with Crippen molar-refractivity contribution < 1.29 is 37.0 Å². The maximum atomic E-state index is 13.1. The van der Waals surface area contributed by atoms with E-state index in [0.29, 0.717) is 23.2 Å². The molecule has 9 nitrogen and oxygen atoms in total. The molecule has 1 unspecified atom stereocenters. The van der Waals surface area contributed by atoms with Gasteiger partial charge < -0.3 is 20.1 Å². The van der Waals surface area contributed by atoms with Crippen LogP contribution in [0, 0.1) is 6.92 Å². The lowest BCUT2D eigenvalue weighted by Crippen LogP contribution is -2.34. The van der Waals surface area contributed by atoms with Crippen LogP contribution in [0.1, 0.15) is 57.1 Å². The van der Waals surface area contributed by atoms with Crippen molar-refractivity contribution in [1.82, 2.24) is 25.4 Å². The second-order valence-electron chi connectivity index (χ2n) is 7.74. The van der Waals surface area contributed by atoms with Crippen LogP contribution in [0.3, 0.4) is 0 Å².